The van der Waals surface area contributed by atoms with Crippen LogP contribution in [0.5, 0.6) is 0 Å². The zero-order valence-electron chi connectivity index (χ0n) is 9.99. The average Bonchev–Trinajstić information content (AvgIpc) is 2.69. The van der Waals surface area contributed by atoms with E-state index in [1.165, 1.54) is 23.3 Å². The number of nitrogens with zero attached hydrogens (tertiary/aromatic N) is 2. The first kappa shape index (κ1) is 16.1. The maximum atomic E-state index is 12.7. The monoisotopic (exact) mass is 315 g/mol. The molecule has 9 heteroatoms. The lowest BCUT2D eigenvalue weighted by atomic mass is 10.1. The van der Waals surface area contributed by atoms with Crippen molar-refractivity contribution in [2.75, 3.05) is 13.6 Å². The molecule has 0 aromatic carbocycles. The van der Waals surface area contributed by atoms with Gasteiger partial charge >= 0.3 is 6.18 Å². The summed E-state index contributed by atoms with van der Waals surface area (Å²) in [6.45, 7) is -0.0857. The number of oxime groups is 1. The second-order valence-electron chi connectivity index (χ2n) is 4.02. The molecular formula is C10H13ClF3N3OS. The van der Waals surface area contributed by atoms with Crippen molar-refractivity contribution >= 4 is 28.8 Å². The Bertz CT molecular complexity index is 449. The Morgan fingerprint density at radius 1 is 1.58 bits per heavy atom. The van der Waals surface area contributed by atoms with Gasteiger partial charge < -0.3 is 15.8 Å². The van der Waals surface area contributed by atoms with Crippen molar-refractivity contribution in [3.63, 3.8) is 0 Å². The van der Waals surface area contributed by atoms with Gasteiger partial charge in [0.15, 0.2) is 5.84 Å². The lowest BCUT2D eigenvalue weighted by molar-refractivity contribution is -0.159. The summed E-state index contributed by atoms with van der Waals surface area (Å²) in [5, 5.41) is 10.9. The fourth-order valence-electron chi connectivity index (χ4n) is 1.51. The summed E-state index contributed by atoms with van der Waals surface area (Å²) in [5.74, 6) is -2.85. The molecule has 0 aliphatic carbocycles. The zero-order chi connectivity index (χ0) is 14.6. The van der Waals surface area contributed by atoms with Gasteiger partial charge in [-0.2, -0.15) is 13.2 Å². The van der Waals surface area contributed by atoms with Crippen LogP contribution in [-0.2, 0) is 6.54 Å². The van der Waals surface area contributed by atoms with Crippen molar-refractivity contribution in [2.24, 2.45) is 16.8 Å². The van der Waals surface area contributed by atoms with Crippen molar-refractivity contribution in [3.05, 3.63) is 21.3 Å². The SMILES string of the molecule is CN(Cc1ccc(Cl)s1)CC(/C(N)=N/O)C(F)(F)F. The smallest absolute Gasteiger partial charge is 0.400 e. The van der Waals surface area contributed by atoms with E-state index in [2.05, 4.69) is 5.16 Å². The summed E-state index contributed by atoms with van der Waals surface area (Å²) in [7, 11) is 1.52. The Morgan fingerprint density at radius 2 is 2.21 bits per heavy atom. The quantitative estimate of drug-likeness (QED) is 0.380. The van der Waals surface area contributed by atoms with Crippen LogP contribution in [0.4, 0.5) is 13.2 Å². The molecule has 0 radical (unpaired) electrons. The third-order valence-corrected chi connectivity index (χ3v) is 3.63. The summed E-state index contributed by atoms with van der Waals surface area (Å²) in [6.07, 6.45) is -4.56. The van der Waals surface area contributed by atoms with Crippen molar-refractivity contribution in [2.45, 2.75) is 12.7 Å². The zero-order valence-corrected chi connectivity index (χ0v) is 11.6. The molecule has 108 valence electrons. The van der Waals surface area contributed by atoms with E-state index >= 15 is 0 Å². The fraction of sp³-hybridized carbons (Fsp3) is 0.500. The first-order valence-corrected chi connectivity index (χ1v) is 6.40. The Morgan fingerprint density at radius 3 is 2.63 bits per heavy atom. The van der Waals surface area contributed by atoms with Gasteiger partial charge in [0.25, 0.3) is 0 Å². The van der Waals surface area contributed by atoms with Crippen molar-refractivity contribution in [1.82, 2.24) is 4.90 Å². The number of nitrogens with two attached hydrogens (primary N) is 1. The van der Waals surface area contributed by atoms with E-state index < -0.39 is 24.5 Å². The third-order valence-electron chi connectivity index (χ3n) is 2.42. The molecular weight excluding hydrogens is 303 g/mol. The van der Waals surface area contributed by atoms with Crippen LogP contribution in [0.2, 0.25) is 4.34 Å². The van der Waals surface area contributed by atoms with Gasteiger partial charge in [-0.3, -0.25) is 0 Å². The largest absolute Gasteiger partial charge is 0.409 e. The molecule has 3 N–H and O–H groups in total. The molecule has 1 rings (SSSR count). The summed E-state index contributed by atoms with van der Waals surface area (Å²) >= 11 is 7.04. The molecule has 1 aromatic heterocycles. The van der Waals surface area contributed by atoms with Crippen LogP contribution in [0.1, 0.15) is 4.88 Å². The average molecular weight is 316 g/mol. The lowest BCUT2D eigenvalue weighted by Crippen LogP contribution is -2.43. The number of hydrogen-bond donors (Lipinski definition) is 2. The minimum absolute atomic E-state index is 0.308. The van der Waals surface area contributed by atoms with Crippen LogP contribution in [0.3, 0.4) is 0 Å². The van der Waals surface area contributed by atoms with E-state index in [1.807, 2.05) is 0 Å². The molecule has 0 spiro atoms. The van der Waals surface area contributed by atoms with Crippen LogP contribution in [-0.4, -0.2) is 35.7 Å². The van der Waals surface area contributed by atoms with Gasteiger partial charge in [0.05, 0.1) is 4.34 Å². The number of alkyl halides is 3. The molecule has 0 fully saturated rings. The molecule has 0 saturated carbocycles. The van der Waals surface area contributed by atoms with Gasteiger partial charge in [-0.1, -0.05) is 16.8 Å². The Balaban J connectivity index is 2.69. The highest BCUT2D eigenvalue weighted by Gasteiger charge is 2.43. The van der Waals surface area contributed by atoms with E-state index in [0.717, 1.165) is 4.88 Å². The van der Waals surface area contributed by atoms with E-state index in [4.69, 9.17) is 22.5 Å². The molecule has 1 unspecified atom stereocenters. The Hall–Kier alpha value is -0.990. The molecule has 1 aromatic rings. The van der Waals surface area contributed by atoms with Crippen LogP contribution in [0.15, 0.2) is 17.3 Å². The molecule has 0 bridgehead atoms. The number of thiophene rings is 1. The molecule has 0 amide bonds. The van der Waals surface area contributed by atoms with E-state index in [1.54, 1.807) is 12.1 Å². The molecule has 4 nitrogen and oxygen atoms in total. The van der Waals surface area contributed by atoms with Crippen molar-refractivity contribution in [3.8, 4) is 0 Å². The van der Waals surface area contributed by atoms with Gasteiger partial charge in [-0.05, 0) is 19.2 Å². The van der Waals surface area contributed by atoms with Crippen molar-refractivity contribution < 1.29 is 18.4 Å². The maximum absolute atomic E-state index is 12.7. The first-order chi connectivity index (χ1) is 8.74. The van der Waals surface area contributed by atoms with Gasteiger partial charge in [0.1, 0.15) is 5.92 Å². The van der Waals surface area contributed by atoms with Crippen LogP contribution in [0.25, 0.3) is 0 Å². The molecule has 19 heavy (non-hydrogen) atoms. The highest BCUT2D eigenvalue weighted by Crippen LogP contribution is 2.28. The second kappa shape index (κ2) is 6.44. The van der Waals surface area contributed by atoms with Gasteiger partial charge in [0.2, 0.25) is 0 Å². The minimum atomic E-state index is -4.56. The van der Waals surface area contributed by atoms with Crippen LogP contribution in [0, 0.1) is 5.92 Å². The standard InChI is InChI=1S/C10H13ClF3N3OS/c1-17(4-6-2-3-8(11)19-6)5-7(9(15)16-18)10(12,13)14/h2-3,7,18H,4-5H2,1H3,(H2,15,16). The maximum Gasteiger partial charge on any atom is 0.400 e. The predicted octanol–water partition coefficient (Wildman–Crippen LogP) is 2.76. The highest BCUT2D eigenvalue weighted by atomic mass is 35.5. The van der Waals surface area contributed by atoms with Gasteiger partial charge in [0, 0.05) is 18.0 Å². The van der Waals surface area contributed by atoms with E-state index in [0.29, 0.717) is 10.9 Å². The summed E-state index contributed by atoms with van der Waals surface area (Å²) in [4.78, 5) is 2.28. The summed E-state index contributed by atoms with van der Waals surface area (Å²) in [6, 6.07) is 3.43. The normalized spacial score (nSPS) is 14.9. The molecule has 0 saturated heterocycles. The lowest BCUT2D eigenvalue weighted by Gasteiger charge is -2.24. The van der Waals surface area contributed by atoms with Gasteiger partial charge in [-0.25, -0.2) is 0 Å². The summed E-state index contributed by atoms with van der Waals surface area (Å²) in [5.41, 5.74) is 5.08. The Labute approximate surface area is 117 Å². The van der Waals surface area contributed by atoms with E-state index in [-0.39, 0.29) is 0 Å². The highest BCUT2D eigenvalue weighted by molar-refractivity contribution is 7.16. The number of rotatable bonds is 5. The predicted molar refractivity (Wildman–Crippen MR) is 68.6 cm³/mol. The van der Waals surface area contributed by atoms with Crippen LogP contribution >= 0.6 is 22.9 Å². The first-order valence-electron chi connectivity index (χ1n) is 5.21. The molecule has 1 heterocycles. The molecule has 0 aliphatic heterocycles. The summed E-state index contributed by atoms with van der Waals surface area (Å²) < 4.78 is 38.8. The Kier molecular flexibility index (Phi) is 5.45. The second-order valence-corrected chi connectivity index (χ2v) is 5.82. The molecule has 0 aliphatic rings. The van der Waals surface area contributed by atoms with Crippen molar-refractivity contribution in [1.29, 1.82) is 0 Å². The number of hydrogen-bond acceptors (Lipinski definition) is 4. The minimum Gasteiger partial charge on any atom is -0.409 e. The number of halogens is 4. The van der Waals surface area contributed by atoms with Crippen LogP contribution < -0.4 is 5.73 Å². The van der Waals surface area contributed by atoms with E-state index in [9.17, 15) is 13.2 Å². The topological polar surface area (TPSA) is 61.8 Å². The van der Waals surface area contributed by atoms with Gasteiger partial charge in [-0.15, -0.1) is 11.3 Å². The molecule has 1 atom stereocenters. The fourth-order valence-corrected chi connectivity index (χ4v) is 2.68. The third kappa shape index (κ3) is 4.88. The number of amidine groups is 1.